The van der Waals surface area contributed by atoms with E-state index in [1.807, 2.05) is 11.4 Å². The predicted molar refractivity (Wildman–Crippen MR) is 86.1 cm³/mol. The number of nitro benzene ring substituents is 1. The van der Waals surface area contributed by atoms with Crippen molar-refractivity contribution in [1.82, 2.24) is 0 Å². The van der Waals surface area contributed by atoms with Crippen molar-refractivity contribution in [2.24, 2.45) is 4.99 Å². The summed E-state index contributed by atoms with van der Waals surface area (Å²) in [6, 6.07) is 6.05. The van der Waals surface area contributed by atoms with Crippen molar-refractivity contribution in [3.63, 3.8) is 0 Å². The number of phenols is 1. The summed E-state index contributed by atoms with van der Waals surface area (Å²) in [7, 11) is 0. The molecular weight excluding hydrogens is 328 g/mol. The van der Waals surface area contributed by atoms with Crippen LogP contribution in [0, 0.1) is 10.1 Å². The third kappa shape index (κ3) is 3.62. The minimum absolute atomic E-state index is 0.0489. The molecular formula is C14H13ClN2O4S. The summed E-state index contributed by atoms with van der Waals surface area (Å²) in [6.07, 6.45) is 1.26. The summed E-state index contributed by atoms with van der Waals surface area (Å²) in [5.74, 6) is -0.506. The van der Waals surface area contributed by atoms with E-state index in [9.17, 15) is 20.3 Å². The number of benzene rings is 1. The molecule has 22 heavy (non-hydrogen) atoms. The molecule has 8 heteroatoms. The second-order valence-corrected chi connectivity index (χ2v) is 6.22. The number of nitro groups is 1. The fourth-order valence-electron chi connectivity index (χ4n) is 1.83. The Hall–Kier alpha value is -1.96. The Morgan fingerprint density at radius 1 is 1.55 bits per heavy atom. The maximum Gasteiger partial charge on any atom is 0.312 e. The van der Waals surface area contributed by atoms with Gasteiger partial charge in [-0.05, 0) is 24.4 Å². The van der Waals surface area contributed by atoms with Crippen LogP contribution in [0.25, 0.3) is 0 Å². The van der Waals surface area contributed by atoms with Gasteiger partial charge in [0.15, 0.2) is 0 Å². The van der Waals surface area contributed by atoms with Gasteiger partial charge in [0.25, 0.3) is 0 Å². The van der Waals surface area contributed by atoms with Crippen molar-refractivity contribution in [3.05, 3.63) is 55.2 Å². The number of nitrogens with zero attached hydrogens (tertiary/aromatic N) is 2. The van der Waals surface area contributed by atoms with E-state index in [0.29, 0.717) is 0 Å². The van der Waals surface area contributed by atoms with Crippen molar-refractivity contribution in [3.8, 4) is 5.75 Å². The van der Waals surface area contributed by atoms with Gasteiger partial charge in [0, 0.05) is 27.7 Å². The normalized spacial score (nSPS) is 14.1. The predicted octanol–water partition coefficient (Wildman–Crippen LogP) is 3.34. The number of aliphatic imine (C=N–C) groups is 1. The van der Waals surface area contributed by atoms with Crippen LogP contribution < -0.4 is 0 Å². The molecule has 0 aliphatic rings. The molecule has 116 valence electrons. The van der Waals surface area contributed by atoms with E-state index in [1.54, 1.807) is 13.0 Å². The maximum atomic E-state index is 10.8. The maximum absolute atomic E-state index is 10.8. The zero-order valence-corrected chi connectivity index (χ0v) is 13.1. The van der Waals surface area contributed by atoms with Gasteiger partial charge in [0.1, 0.15) is 5.60 Å². The summed E-state index contributed by atoms with van der Waals surface area (Å²) in [5, 5.41) is 33.0. The van der Waals surface area contributed by atoms with Gasteiger partial charge in [-0.2, -0.15) is 0 Å². The third-order valence-electron chi connectivity index (χ3n) is 2.96. The molecule has 6 nitrogen and oxygen atoms in total. The lowest BCUT2D eigenvalue weighted by Crippen LogP contribution is -2.23. The monoisotopic (exact) mass is 340 g/mol. The standard InChI is InChI=1S/C14H13ClN2O4S/c1-14(19,12-3-2-4-22-12)8-16-7-9-5-10(15)6-11(13(9)18)17(20)21/h2-7,18-19H,8H2,1H3. The molecule has 0 spiro atoms. The average molecular weight is 341 g/mol. The van der Waals surface area contributed by atoms with E-state index < -0.39 is 22.0 Å². The van der Waals surface area contributed by atoms with Crippen LogP contribution in [0.2, 0.25) is 5.02 Å². The topological polar surface area (TPSA) is 96.0 Å². The lowest BCUT2D eigenvalue weighted by atomic mass is 10.1. The van der Waals surface area contributed by atoms with Crippen molar-refractivity contribution in [2.75, 3.05) is 6.54 Å². The van der Waals surface area contributed by atoms with Crippen molar-refractivity contribution in [2.45, 2.75) is 12.5 Å². The van der Waals surface area contributed by atoms with Gasteiger partial charge in [-0.1, -0.05) is 17.7 Å². The van der Waals surface area contributed by atoms with Crippen LogP contribution in [0.3, 0.4) is 0 Å². The molecule has 0 aliphatic heterocycles. The second-order valence-electron chi connectivity index (χ2n) is 4.84. The zero-order chi connectivity index (χ0) is 16.3. The average Bonchev–Trinajstić information content (AvgIpc) is 2.96. The minimum atomic E-state index is -1.15. The van der Waals surface area contributed by atoms with Crippen LogP contribution >= 0.6 is 22.9 Å². The largest absolute Gasteiger partial charge is 0.502 e. The lowest BCUT2D eigenvalue weighted by Gasteiger charge is -2.18. The Labute approximate surface area is 135 Å². The quantitative estimate of drug-likeness (QED) is 0.495. The number of rotatable bonds is 5. The molecule has 2 rings (SSSR count). The molecule has 1 aromatic carbocycles. The van der Waals surface area contributed by atoms with Crippen LogP contribution in [0.4, 0.5) is 5.69 Å². The van der Waals surface area contributed by atoms with E-state index in [0.717, 1.165) is 10.9 Å². The van der Waals surface area contributed by atoms with Crippen molar-refractivity contribution in [1.29, 1.82) is 0 Å². The summed E-state index contributed by atoms with van der Waals surface area (Å²) in [4.78, 5) is 14.9. The highest BCUT2D eigenvalue weighted by Gasteiger charge is 2.23. The van der Waals surface area contributed by atoms with Crippen molar-refractivity contribution >= 4 is 34.8 Å². The Kier molecular flexibility index (Phi) is 4.80. The lowest BCUT2D eigenvalue weighted by molar-refractivity contribution is -0.385. The van der Waals surface area contributed by atoms with Crippen LogP contribution in [-0.4, -0.2) is 27.9 Å². The SMILES string of the molecule is CC(O)(CN=Cc1cc(Cl)cc([N+](=O)[O-])c1O)c1cccs1. The van der Waals surface area contributed by atoms with Gasteiger partial charge in [0.05, 0.1) is 11.5 Å². The molecule has 2 N–H and O–H groups in total. The van der Waals surface area contributed by atoms with Gasteiger partial charge in [-0.15, -0.1) is 11.3 Å². The molecule has 1 unspecified atom stereocenters. The number of hydrogen-bond acceptors (Lipinski definition) is 6. The summed E-state index contributed by atoms with van der Waals surface area (Å²) >= 11 is 7.20. The number of phenolic OH excluding ortho intramolecular Hbond substituents is 1. The molecule has 0 saturated heterocycles. The van der Waals surface area contributed by atoms with Crippen molar-refractivity contribution < 1.29 is 15.1 Å². The molecule has 0 aliphatic carbocycles. The number of aromatic hydroxyl groups is 1. The second kappa shape index (κ2) is 6.43. The summed E-state index contributed by atoms with van der Waals surface area (Å²) in [6.45, 7) is 1.67. The molecule has 2 aromatic rings. The van der Waals surface area contributed by atoms with Gasteiger partial charge in [-0.3, -0.25) is 15.1 Å². The van der Waals surface area contributed by atoms with Crippen LogP contribution in [-0.2, 0) is 5.60 Å². The summed E-state index contributed by atoms with van der Waals surface area (Å²) < 4.78 is 0. The Bertz CT molecular complexity index is 714. The van der Waals surface area contributed by atoms with E-state index in [1.165, 1.54) is 23.6 Å². The fraction of sp³-hybridized carbons (Fsp3) is 0.214. The Balaban J connectivity index is 2.22. The number of halogens is 1. The van der Waals surface area contributed by atoms with E-state index >= 15 is 0 Å². The molecule has 0 amide bonds. The fourth-order valence-corrected chi connectivity index (χ4v) is 2.83. The first kappa shape index (κ1) is 16.4. The summed E-state index contributed by atoms with van der Waals surface area (Å²) in [5.41, 5.74) is -1.51. The molecule has 1 heterocycles. The van der Waals surface area contributed by atoms with E-state index in [-0.39, 0.29) is 17.1 Å². The zero-order valence-electron chi connectivity index (χ0n) is 11.6. The van der Waals surface area contributed by atoms with Crippen LogP contribution in [0.1, 0.15) is 17.4 Å². The first-order valence-corrected chi connectivity index (χ1v) is 7.50. The first-order valence-electron chi connectivity index (χ1n) is 6.24. The Morgan fingerprint density at radius 2 is 2.27 bits per heavy atom. The number of thiophene rings is 1. The van der Waals surface area contributed by atoms with Crippen LogP contribution in [0.5, 0.6) is 5.75 Å². The molecule has 0 bridgehead atoms. The highest BCUT2D eigenvalue weighted by atomic mass is 35.5. The molecule has 1 aromatic heterocycles. The Morgan fingerprint density at radius 3 is 2.86 bits per heavy atom. The smallest absolute Gasteiger partial charge is 0.312 e. The third-order valence-corrected chi connectivity index (χ3v) is 4.30. The number of hydrogen-bond donors (Lipinski definition) is 2. The molecule has 0 saturated carbocycles. The van der Waals surface area contributed by atoms with Gasteiger partial charge in [-0.25, -0.2) is 0 Å². The van der Waals surface area contributed by atoms with Crippen LogP contribution in [0.15, 0.2) is 34.6 Å². The molecule has 0 radical (unpaired) electrons. The van der Waals surface area contributed by atoms with Gasteiger partial charge in [0.2, 0.25) is 5.75 Å². The van der Waals surface area contributed by atoms with E-state index in [4.69, 9.17) is 11.6 Å². The van der Waals surface area contributed by atoms with Gasteiger partial charge < -0.3 is 10.2 Å². The first-order chi connectivity index (χ1) is 10.3. The van der Waals surface area contributed by atoms with E-state index in [2.05, 4.69) is 4.99 Å². The number of aliphatic hydroxyl groups is 1. The molecule has 1 atom stereocenters. The minimum Gasteiger partial charge on any atom is -0.502 e. The highest BCUT2D eigenvalue weighted by molar-refractivity contribution is 7.10. The van der Waals surface area contributed by atoms with Gasteiger partial charge >= 0.3 is 5.69 Å². The molecule has 0 fully saturated rings. The highest BCUT2D eigenvalue weighted by Crippen LogP contribution is 2.32.